The van der Waals surface area contributed by atoms with Gasteiger partial charge in [0.2, 0.25) is 0 Å². The summed E-state index contributed by atoms with van der Waals surface area (Å²) in [4.78, 5) is 11.7. The van der Waals surface area contributed by atoms with Gasteiger partial charge in [0.1, 0.15) is 0 Å². The second-order valence-electron chi connectivity index (χ2n) is 3.83. The van der Waals surface area contributed by atoms with Gasteiger partial charge in [-0.25, -0.2) is 4.79 Å². The van der Waals surface area contributed by atoms with Crippen LogP contribution >= 0.6 is 35.0 Å². The molecule has 0 bridgehead atoms. The Balaban J connectivity index is 2.06. The number of halogens is 2. The molecule has 2 aromatic rings. The molecule has 0 radical (unpaired) electrons. The smallest absolute Gasteiger partial charge is 0.335 e. The summed E-state index contributed by atoms with van der Waals surface area (Å²) in [6.07, 6.45) is 0. The molecule has 0 aromatic heterocycles. The number of hydrogen-bond donors (Lipinski definition) is 1. The van der Waals surface area contributed by atoms with Crippen molar-refractivity contribution in [3.05, 3.63) is 63.6 Å². The van der Waals surface area contributed by atoms with Crippen LogP contribution in [0.15, 0.2) is 47.4 Å². The van der Waals surface area contributed by atoms with Gasteiger partial charge in [-0.15, -0.1) is 11.8 Å². The Hall–Kier alpha value is -1.16. The molecule has 0 atom stereocenters. The molecule has 0 unspecified atom stereocenters. The van der Waals surface area contributed by atoms with Crippen LogP contribution in [0.25, 0.3) is 0 Å². The highest BCUT2D eigenvalue weighted by Crippen LogP contribution is 2.31. The molecule has 98 valence electrons. The minimum absolute atomic E-state index is 0.283. The molecule has 2 aromatic carbocycles. The number of carboxylic acids is 1. The lowest BCUT2D eigenvalue weighted by Gasteiger charge is -2.06. The monoisotopic (exact) mass is 312 g/mol. The summed E-state index contributed by atoms with van der Waals surface area (Å²) in [6.45, 7) is 0. The van der Waals surface area contributed by atoms with E-state index in [4.69, 9.17) is 28.3 Å². The summed E-state index contributed by atoms with van der Waals surface area (Å²) < 4.78 is 0. The van der Waals surface area contributed by atoms with Gasteiger partial charge in [0, 0.05) is 10.6 Å². The number of aromatic carboxylic acids is 1. The van der Waals surface area contributed by atoms with Crippen LogP contribution in [0.5, 0.6) is 0 Å². The summed E-state index contributed by atoms with van der Waals surface area (Å²) in [5, 5.41) is 9.92. The van der Waals surface area contributed by atoms with Crippen LogP contribution in [0.4, 0.5) is 0 Å². The number of carboxylic acid groups (broad SMARTS) is 1. The van der Waals surface area contributed by atoms with Crippen molar-refractivity contribution in [2.24, 2.45) is 0 Å². The SMILES string of the molecule is O=C(O)c1ccc(SCc2cccc(Cl)c2Cl)cc1. The maximum absolute atomic E-state index is 10.7. The minimum Gasteiger partial charge on any atom is -0.478 e. The average Bonchev–Trinajstić information content (AvgIpc) is 2.41. The van der Waals surface area contributed by atoms with E-state index in [1.165, 1.54) is 0 Å². The van der Waals surface area contributed by atoms with Crippen LogP contribution in [0.1, 0.15) is 15.9 Å². The van der Waals surface area contributed by atoms with Gasteiger partial charge in [0.05, 0.1) is 15.6 Å². The zero-order valence-electron chi connectivity index (χ0n) is 9.77. The Morgan fingerprint density at radius 3 is 2.42 bits per heavy atom. The van der Waals surface area contributed by atoms with E-state index in [9.17, 15) is 4.79 Å². The van der Waals surface area contributed by atoms with Crippen LogP contribution in [0, 0.1) is 0 Å². The van der Waals surface area contributed by atoms with Crippen molar-refractivity contribution in [1.29, 1.82) is 0 Å². The molecule has 19 heavy (non-hydrogen) atoms. The zero-order chi connectivity index (χ0) is 13.8. The highest BCUT2D eigenvalue weighted by atomic mass is 35.5. The quantitative estimate of drug-likeness (QED) is 0.809. The molecule has 0 saturated heterocycles. The molecule has 0 aliphatic carbocycles. The molecular weight excluding hydrogens is 303 g/mol. The number of thioether (sulfide) groups is 1. The lowest BCUT2D eigenvalue weighted by molar-refractivity contribution is 0.0697. The van der Waals surface area contributed by atoms with Gasteiger partial charge in [-0.3, -0.25) is 0 Å². The van der Waals surface area contributed by atoms with Crippen molar-refractivity contribution in [3.63, 3.8) is 0 Å². The van der Waals surface area contributed by atoms with E-state index in [0.29, 0.717) is 15.8 Å². The van der Waals surface area contributed by atoms with Crippen LogP contribution < -0.4 is 0 Å². The van der Waals surface area contributed by atoms with Crippen LogP contribution in [0.3, 0.4) is 0 Å². The fraction of sp³-hybridized carbons (Fsp3) is 0.0714. The van der Waals surface area contributed by atoms with Crippen molar-refractivity contribution in [1.82, 2.24) is 0 Å². The van der Waals surface area contributed by atoms with E-state index in [2.05, 4.69) is 0 Å². The van der Waals surface area contributed by atoms with Crippen molar-refractivity contribution in [3.8, 4) is 0 Å². The Kier molecular flexibility index (Phi) is 4.75. The van der Waals surface area contributed by atoms with Gasteiger partial charge < -0.3 is 5.11 Å². The van der Waals surface area contributed by atoms with Crippen LogP contribution in [-0.4, -0.2) is 11.1 Å². The summed E-state index contributed by atoms with van der Waals surface area (Å²) >= 11 is 13.6. The van der Waals surface area contributed by atoms with Crippen LogP contribution in [0.2, 0.25) is 10.0 Å². The molecule has 1 N–H and O–H groups in total. The maximum Gasteiger partial charge on any atom is 0.335 e. The largest absolute Gasteiger partial charge is 0.478 e. The van der Waals surface area contributed by atoms with Crippen molar-refractivity contribution >= 4 is 40.9 Å². The van der Waals surface area contributed by atoms with Crippen molar-refractivity contribution in [2.75, 3.05) is 0 Å². The fourth-order valence-corrected chi connectivity index (χ4v) is 2.87. The number of rotatable bonds is 4. The summed E-state index contributed by atoms with van der Waals surface area (Å²) in [6, 6.07) is 12.3. The van der Waals surface area contributed by atoms with Gasteiger partial charge in [0.25, 0.3) is 0 Å². The predicted octanol–water partition coefficient (Wildman–Crippen LogP) is 4.98. The van der Waals surface area contributed by atoms with E-state index in [0.717, 1.165) is 10.5 Å². The fourth-order valence-electron chi connectivity index (χ4n) is 1.51. The molecule has 0 amide bonds. The van der Waals surface area contributed by atoms with E-state index in [-0.39, 0.29) is 5.56 Å². The van der Waals surface area contributed by atoms with E-state index in [1.807, 2.05) is 12.1 Å². The topological polar surface area (TPSA) is 37.3 Å². The van der Waals surface area contributed by atoms with E-state index < -0.39 is 5.97 Å². The summed E-state index contributed by atoms with van der Waals surface area (Å²) in [5.74, 6) is -0.235. The molecule has 2 rings (SSSR count). The lowest BCUT2D eigenvalue weighted by atomic mass is 10.2. The first kappa shape index (κ1) is 14.3. The zero-order valence-corrected chi connectivity index (χ0v) is 12.1. The molecule has 2 nitrogen and oxygen atoms in total. The molecule has 0 spiro atoms. The molecule has 0 aliphatic rings. The van der Waals surface area contributed by atoms with Crippen molar-refractivity contribution < 1.29 is 9.90 Å². The third-order valence-corrected chi connectivity index (χ3v) is 4.45. The Morgan fingerprint density at radius 1 is 1.11 bits per heavy atom. The molecular formula is C14H10Cl2O2S. The van der Waals surface area contributed by atoms with E-state index in [1.54, 1.807) is 42.1 Å². The Labute approximate surface area is 125 Å². The van der Waals surface area contributed by atoms with E-state index >= 15 is 0 Å². The lowest BCUT2D eigenvalue weighted by Crippen LogP contribution is -1.94. The molecule has 0 saturated carbocycles. The first-order valence-electron chi connectivity index (χ1n) is 5.47. The van der Waals surface area contributed by atoms with Crippen molar-refractivity contribution in [2.45, 2.75) is 10.6 Å². The second kappa shape index (κ2) is 6.33. The molecule has 0 fully saturated rings. The van der Waals surface area contributed by atoms with Gasteiger partial charge in [-0.05, 0) is 35.9 Å². The average molecular weight is 313 g/mol. The molecule has 0 heterocycles. The number of benzene rings is 2. The first-order valence-corrected chi connectivity index (χ1v) is 7.21. The number of hydrogen-bond acceptors (Lipinski definition) is 2. The third-order valence-electron chi connectivity index (χ3n) is 2.53. The third kappa shape index (κ3) is 3.66. The van der Waals surface area contributed by atoms with Gasteiger partial charge in [0.15, 0.2) is 0 Å². The normalized spacial score (nSPS) is 10.4. The van der Waals surface area contributed by atoms with Crippen LogP contribution in [-0.2, 0) is 5.75 Å². The predicted molar refractivity (Wildman–Crippen MR) is 79.4 cm³/mol. The minimum atomic E-state index is -0.922. The Bertz CT molecular complexity index is 597. The van der Waals surface area contributed by atoms with Gasteiger partial charge >= 0.3 is 5.97 Å². The molecule has 5 heteroatoms. The summed E-state index contributed by atoms with van der Waals surface area (Å²) in [5.41, 5.74) is 1.24. The Morgan fingerprint density at radius 2 is 1.79 bits per heavy atom. The number of carbonyl (C=O) groups is 1. The second-order valence-corrected chi connectivity index (χ2v) is 5.67. The summed E-state index contributed by atoms with van der Waals surface area (Å²) in [7, 11) is 0. The highest BCUT2D eigenvalue weighted by molar-refractivity contribution is 7.98. The highest BCUT2D eigenvalue weighted by Gasteiger charge is 2.06. The maximum atomic E-state index is 10.7. The standard InChI is InChI=1S/C14H10Cl2O2S/c15-12-3-1-2-10(13(12)16)8-19-11-6-4-9(5-7-11)14(17)18/h1-7H,8H2,(H,17,18). The molecule has 0 aliphatic heterocycles. The van der Waals surface area contributed by atoms with Gasteiger partial charge in [-0.1, -0.05) is 35.3 Å². The first-order chi connectivity index (χ1) is 9.08. The van der Waals surface area contributed by atoms with Gasteiger partial charge in [-0.2, -0.15) is 0 Å².